The van der Waals surface area contributed by atoms with Gasteiger partial charge in [-0.15, -0.1) is 0 Å². The Bertz CT molecular complexity index is 244. The van der Waals surface area contributed by atoms with E-state index in [0.29, 0.717) is 0 Å². The van der Waals surface area contributed by atoms with Crippen molar-refractivity contribution in [2.24, 2.45) is 0 Å². The van der Waals surface area contributed by atoms with Crippen LogP contribution in [-0.2, 0) is 0 Å². The molecular formula is C9H13N3. The van der Waals surface area contributed by atoms with Gasteiger partial charge < -0.3 is 0 Å². The molecule has 0 aromatic rings. The molecule has 2 unspecified atom stereocenters. The Morgan fingerprint density at radius 1 is 1.08 bits per heavy atom. The van der Waals surface area contributed by atoms with Gasteiger partial charge in [0.2, 0.25) is 0 Å². The summed E-state index contributed by atoms with van der Waals surface area (Å²) in [6.45, 7) is 3.77. The van der Waals surface area contributed by atoms with Crippen molar-refractivity contribution in [3.05, 3.63) is 0 Å². The number of rotatable bonds is 0. The van der Waals surface area contributed by atoms with E-state index in [4.69, 9.17) is 10.5 Å². The second-order valence-electron chi connectivity index (χ2n) is 3.83. The average molecular weight is 163 g/mol. The zero-order valence-corrected chi connectivity index (χ0v) is 7.76. The van der Waals surface area contributed by atoms with Crippen LogP contribution in [0, 0.1) is 22.7 Å². The fourth-order valence-corrected chi connectivity index (χ4v) is 1.63. The minimum atomic E-state index is -0.454. The first-order chi connectivity index (χ1) is 5.48. The standard InChI is InChI=1S/C9H13N3/c1-8(6-10)4-5-9(2,7-11)12(8)3/h4-5H2,1-3H3. The van der Waals surface area contributed by atoms with Crippen LogP contribution in [0.3, 0.4) is 0 Å². The first kappa shape index (κ1) is 9.03. The summed E-state index contributed by atoms with van der Waals surface area (Å²) >= 11 is 0. The van der Waals surface area contributed by atoms with Crippen LogP contribution in [-0.4, -0.2) is 23.0 Å². The Hall–Kier alpha value is -1.06. The first-order valence-corrected chi connectivity index (χ1v) is 4.05. The summed E-state index contributed by atoms with van der Waals surface area (Å²) in [5.74, 6) is 0. The maximum atomic E-state index is 8.92. The Kier molecular flexibility index (Phi) is 1.86. The summed E-state index contributed by atoms with van der Waals surface area (Å²) in [5.41, 5.74) is -0.908. The molecule has 0 amide bonds. The van der Waals surface area contributed by atoms with Crippen molar-refractivity contribution in [2.45, 2.75) is 37.8 Å². The number of nitriles is 2. The van der Waals surface area contributed by atoms with Gasteiger partial charge in [-0.25, -0.2) is 0 Å². The molecule has 1 heterocycles. The molecule has 12 heavy (non-hydrogen) atoms. The van der Waals surface area contributed by atoms with E-state index < -0.39 is 11.1 Å². The molecule has 0 aromatic heterocycles. The van der Waals surface area contributed by atoms with E-state index in [1.165, 1.54) is 0 Å². The highest BCUT2D eigenvalue weighted by Crippen LogP contribution is 2.38. The van der Waals surface area contributed by atoms with E-state index in [2.05, 4.69) is 12.1 Å². The van der Waals surface area contributed by atoms with Crippen LogP contribution in [0.25, 0.3) is 0 Å². The van der Waals surface area contributed by atoms with Crippen LogP contribution in [0.15, 0.2) is 0 Å². The number of hydrogen-bond acceptors (Lipinski definition) is 3. The second kappa shape index (κ2) is 2.47. The third kappa shape index (κ3) is 0.983. The maximum Gasteiger partial charge on any atom is 0.107 e. The van der Waals surface area contributed by atoms with E-state index >= 15 is 0 Å². The molecule has 1 saturated heterocycles. The predicted molar refractivity (Wildman–Crippen MR) is 45.0 cm³/mol. The second-order valence-corrected chi connectivity index (χ2v) is 3.83. The third-order valence-electron chi connectivity index (χ3n) is 3.06. The number of hydrogen-bond donors (Lipinski definition) is 0. The summed E-state index contributed by atoms with van der Waals surface area (Å²) < 4.78 is 0. The van der Waals surface area contributed by atoms with Gasteiger partial charge in [0.05, 0.1) is 12.1 Å². The molecule has 0 bridgehead atoms. The van der Waals surface area contributed by atoms with Crippen LogP contribution >= 0.6 is 0 Å². The largest absolute Gasteiger partial charge is 0.271 e. The van der Waals surface area contributed by atoms with Crippen molar-refractivity contribution < 1.29 is 0 Å². The molecule has 3 heteroatoms. The van der Waals surface area contributed by atoms with E-state index in [-0.39, 0.29) is 0 Å². The molecule has 3 nitrogen and oxygen atoms in total. The molecule has 0 saturated carbocycles. The minimum absolute atomic E-state index is 0.454. The Balaban J connectivity index is 2.98. The Morgan fingerprint density at radius 3 is 1.58 bits per heavy atom. The zero-order chi connectivity index (χ0) is 9.41. The van der Waals surface area contributed by atoms with E-state index in [1.54, 1.807) is 0 Å². The molecule has 1 aliphatic heterocycles. The third-order valence-corrected chi connectivity index (χ3v) is 3.06. The van der Waals surface area contributed by atoms with Gasteiger partial charge >= 0.3 is 0 Å². The van der Waals surface area contributed by atoms with Gasteiger partial charge in [-0.2, -0.15) is 10.5 Å². The lowest BCUT2D eigenvalue weighted by atomic mass is 10.0. The van der Waals surface area contributed by atoms with Gasteiger partial charge in [-0.3, -0.25) is 4.90 Å². The molecule has 0 N–H and O–H groups in total. The molecule has 1 fully saturated rings. The van der Waals surface area contributed by atoms with Gasteiger partial charge in [0, 0.05) is 0 Å². The van der Waals surface area contributed by atoms with Crippen LogP contribution in [0.1, 0.15) is 26.7 Å². The highest BCUT2D eigenvalue weighted by molar-refractivity contribution is 5.20. The van der Waals surface area contributed by atoms with E-state index in [1.807, 2.05) is 25.8 Å². The van der Waals surface area contributed by atoms with Crippen LogP contribution in [0.5, 0.6) is 0 Å². The maximum absolute atomic E-state index is 8.92. The van der Waals surface area contributed by atoms with Crippen LogP contribution in [0.4, 0.5) is 0 Å². The summed E-state index contributed by atoms with van der Waals surface area (Å²) in [6, 6.07) is 4.51. The monoisotopic (exact) mass is 163 g/mol. The first-order valence-electron chi connectivity index (χ1n) is 4.05. The fourth-order valence-electron chi connectivity index (χ4n) is 1.63. The quantitative estimate of drug-likeness (QED) is 0.540. The molecule has 0 aromatic carbocycles. The molecule has 0 radical (unpaired) electrons. The average Bonchev–Trinajstić information content (AvgIpc) is 2.32. The van der Waals surface area contributed by atoms with Crippen molar-refractivity contribution in [3.8, 4) is 12.1 Å². The lowest BCUT2D eigenvalue weighted by Gasteiger charge is -2.32. The topological polar surface area (TPSA) is 50.8 Å². The number of likely N-dealkylation sites (tertiary alicyclic amines) is 1. The van der Waals surface area contributed by atoms with Gasteiger partial charge in [-0.1, -0.05) is 0 Å². The van der Waals surface area contributed by atoms with Crippen molar-refractivity contribution in [3.63, 3.8) is 0 Å². The van der Waals surface area contributed by atoms with E-state index in [9.17, 15) is 0 Å². The van der Waals surface area contributed by atoms with E-state index in [0.717, 1.165) is 12.8 Å². The molecule has 2 atom stereocenters. The zero-order valence-electron chi connectivity index (χ0n) is 7.76. The summed E-state index contributed by atoms with van der Waals surface area (Å²) in [4.78, 5) is 1.88. The highest BCUT2D eigenvalue weighted by atomic mass is 15.3. The SMILES string of the molecule is CN1C(C)(C#N)CCC1(C)C#N. The van der Waals surface area contributed by atoms with Crippen molar-refractivity contribution >= 4 is 0 Å². The van der Waals surface area contributed by atoms with Gasteiger partial charge in [-0.05, 0) is 33.7 Å². The molecule has 1 rings (SSSR count). The Labute approximate surface area is 73.2 Å². The lowest BCUT2D eigenvalue weighted by molar-refractivity contribution is 0.166. The summed E-state index contributed by atoms with van der Waals surface area (Å²) in [6.07, 6.45) is 1.56. The molecule has 64 valence electrons. The smallest absolute Gasteiger partial charge is 0.107 e. The summed E-state index contributed by atoms with van der Waals surface area (Å²) in [5, 5.41) is 17.8. The Morgan fingerprint density at radius 2 is 1.42 bits per heavy atom. The predicted octanol–water partition coefficient (Wildman–Crippen LogP) is 1.28. The molecule has 1 aliphatic rings. The van der Waals surface area contributed by atoms with Gasteiger partial charge in [0.1, 0.15) is 11.1 Å². The molecule has 0 spiro atoms. The van der Waals surface area contributed by atoms with Crippen molar-refractivity contribution in [1.29, 1.82) is 10.5 Å². The molecule has 0 aliphatic carbocycles. The molecular weight excluding hydrogens is 150 g/mol. The minimum Gasteiger partial charge on any atom is -0.271 e. The fraction of sp³-hybridized carbons (Fsp3) is 0.778. The van der Waals surface area contributed by atoms with Crippen molar-refractivity contribution in [2.75, 3.05) is 7.05 Å². The lowest BCUT2D eigenvalue weighted by Crippen LogP contribution is -2.46. The van der Waals surface area contributed by atoms with Crippen molar-refractivity contribution in [1.82, 2.24) is 4.90 Å². The van der Waals surface area contributed by atoms with Crippen LogP contribution < -0.4 is 0 Å². The van der Waals surface area contributed by atoms with Gasteiger partial charge in [0.15, 0.2) is 0 Å². The normalized spacial score (nSPS) is 42.1. The van der Waals surface area contributed by atoms with Crippen LogP contribution in [0.2, 0.25) is 0 Å². The van der Waals surface area contributed by atoms with Gasteiger partial charge in [0.25, 0.3) is 0 Å². The summed E-state index contributed by atoms with van der Waals surface area (Å²) in [7, 11) is 1.85. The highest BCUT2D eigenvalue weighted by Gasteiger charge is 2.48. The number of nitrogens with zero attached hydrogens (tertiary/aromatic N) is 3.